The Morgan fingerprint density at radius 2 is 2.12 bits per heavy atom. The van der Waals surface area contributed by atoms with Crippen LogP contribution in [-0.4, -0.2) is 5.54 Å². The van der Waals surface area contributed by atoms with Crippen molar-refractivity contribution in [3.8, 4) is 0 Å². The van der Waals surface area contributed by atoms with Crippen molar-refractivity contribution in [3.63, 3.8) is 0 Å². The Morgan fingerprint density at radius 3 is 2.62 bits per heavy atom. The van der Waals surface area contributed by atoms with Gasteiger partial charge in [-0.2, -0.15) is 0 Å². The van der Waals surface area contributed by atoms with Gasteiger partial charge in [0.15, 0.2) is 0 Å². The van der Waals surface area contributed by atoms with E-state index in [4.69, 9.17) is 5.73 Å². The van der Waals surface area contributed by atoms with Crippen LogP contribution in [0.25, 0.3) is 0 Å². The fourth-order valence-electron chi connectivity index (χ4n) is 2.35. The predicted octanol–water partition coefficient (Wildman–Crippen LogP) is 3.00. The van der Waals surface area contributed by atoms with E-state index in [9.17, 15) is 0 Å². The number of hydrogen-bond donors (Lipinski definition) is 2. The second-order valence-corrected chi connectivity index (χ2v) is 5.03. The van der Waals surface area contributed by atoms with Gasteiger partial charge in [0.25, 0.3) is 0 Å². The van der Waals surface area contributed by atoms with E-state index < -0.39 is 0 Å². The van der Waals surface area contributed by atoms with E-state index in [2.05, 4.69) is 30.4 Å². The monoisotopic (exact) mass is 218 g/mol. The molecule has 1 saturated carbocycles. The van der Waals surface area contributed by atoms with E-state index in [1.54, 1.807) is 0 Å². The van der Waals surface area contributed by atoms with E-state index >= 15 is 0 Å². The summed E-state index contributed by atoms with van der Waals surface area (Å²) >= 11 is 0. The first kappa shape index (κ1) is 11.5. The Labute approximate surface area is 98.2 Å². The molecule has 2 nitrogen and oxygen atoms in total. The molecule has 0 unspecified atom stereocenters. The minimum atomic E-state index is 0.416. The molecule has 0 heterocycles. The zero-order valence-electron chi connectivity index (χ0n) is 10.3. The number of aryl methyl sites for hydroxylation is 1. The second kappa shape index (κ2) is 4.46. The van der Waals surface area contributed by atoms with Crippen molar-refractivity contribution in [2.75, 3.05) is 5.73 Å². The average Bonchev–Trinajstić information content (AvgIpc) is 2.22. The quantitative estimate of drug-likeness (QED) is 0.762. The lowest BCUT2D eigenvalue weighted by molar-refractivity contribution is 0.175. The van der Waals surface area contributed by atoms with Crippen LogP contribution in [0.15, 0.2) is 18.2 Å². The zero-order chi connectivity index (χ0) is 11.6. The summed E-state index contributed by atoms with van der Waals surface area (Å²) in [6.07, 6.45) is 5.25. The Hall–Kier alpha value is -1.02. The SMILES string of the molecule is CCC1(NCc2ccc(C)c(N)c2)CCC1. The number of rotatable bonds is 4. The molecular weight excluding hydrogens is 196 g/mol. The van der Waals surface area contributed by atoms with Crippen LogP contribution < -0.4 is 11.1 Å². The molecule has 0 saturated heterocycles. The maximum absolute atomic E-state index is 5.91. The largest absolute Gasteiger partial charge is 0.399 e. The Morgan fingerprint density at radius 1 is 1.38 bits per heavy atom. The van der Waals surface area contributed by atoms with E-state index in [0.29, 0.717) is 5.54 Å². The summed E-state index contributed by atoms with van der Waals surface area (Å²) in [5.41, 5.74) is 9.69. The number of anilines is 1. The highest BCUT2D eigenvalue weighted by molar-refractivity contribution is 5.48. The molecule has 0 atom stereocenters. The highest BCUT2D eigenvalue weighted by Gasteiger charge is 2.34. The summed E-state index contributed by atoms with van der Waals surface area (Å²) in [6.45, 7) is 5.26. The van der Waals surface area contributed by atoms with Crippen molar-refractivity contribution < 1.29 is 0 Å². The van der Waals surface area contributed by atoms with Crippen LogP contribution in [-0.2, 0) is 6.54 Å². The molecule has 88 valence electrons. The lowest BCUT2D eigenvalue weighted by Crippen LogP contribution is -2.49. The molecule has 1 aromatic carbocycles. The van der Waals surface area contributed by atoms with Gasteiger partial charge >= 0.3 is 0 Å². The minimum absolute atomic E-state index is 0.416. The number of hydrogen-bond acceptors (Lipinski definition) is 2. The number of nitrogens with two attached hydrogens (primary N) is 1. The molecule has 0 bridgehead atoms. The van der Waals surface area contributed by atoms with Gasteiger partial charge in [-0.25, -0.2) is 0 Å². The summed E-state index contributed by atoms with van der Waals surface area (Å²) in [5.74, 6) is 0. The van der Waals surface area contributed by atoms with Crippen LogP contribution in [0.4, 0.5) is 5.69 Å². The third-order valence-corrected chi connectivity index (χ3v) is 4.00. The third-order valence-electron chi connectivity index (χ3n) is 4.00. The number of nitrogens with one attached hydrogen (secondary N) is 1. The zero-order valence-corrected chi connectivity index (χ0v) is 10.3. The van der Waals surface area contributed by atoms with Gasteiger partial charge in [-0.1, -0.05) is 19.1 Å². The van der Waals surface area contributed by atoms with Crippen molar-refractivity contribution in [1.29, 1.82) is 0 Å². The first-order valence-corrected chi connectivity index (χ1v) is 6.25. The molecule has 0 aromatic heterocycles. The van der Waals surface area contributed by atoms with Crippen molar-refractivity contribution in [2.24, 2.45) is 0 Å². The summed E-state index contributed by atoms with van der Waals surface area (Å²) in [4.78, 5) is 0. The highest BCUT2D eigenvalue weighted by Crippen LogP contribution is 2.34. The van der Waals surface area contributed by atoms with E-state index in [-0.39, 0.29) is 0 Å². The lowest BCUT2D eigenvalue weighted by Gasteiger charge is -2.42. The molecule has 16 heavy (non-hydrogen) atoms. The fraction of sp³-hybridized carbons (Fsp3) is 0.571. The normalized spacial score (nSPS) is 18.1. The fourth-order valence-corrected chi connectivity index (χ4v) is 2.35. The Balaban J connectivity index is 1.96. The van der Waals surface area contributed by atoms with Crippen molar-refractivity contribution >= 4 is 5.69 Å². The van der Waals surface area contributed by atoms with Crippen LogP contribution in [0.2, 0.25) is 0 Å². The van der Waals surface area contributed by atoms with Crippen LogP contribution in [0.5, 0.6) is 0 Å². The average molecular weight is 218 g/mol. The standard InChI is InChI=1S/C14H22N2/c1-3-14(7-4-8-14)16-10-12-6-5-11(2)13(15)9-12/h5-6,9,16H,3-4,7-8,10,15H2,1-2H3. The second-order valence-electron chi connectivity index (χ2n) is 5.03. The van der Waals surface area contributed by atoms with E-state index in [1.807, 2.05) is 6.92 Å². The van der Waals surface area contributed by atoms with Crippen molar-refractivity contribution in [2.45, 2.75) is 51.6 Å². The number of nitrogen functional groups attached to an aromatic ring is 1. The van der Waals surface area contributed by atoms with Crippen molar-refractivity contribution in [1.82, 2.24) is 5.32 Å². The smallest absolute Gasteiger partial charge is 0.0346 e. The molecule has 2 rings (SSSR count). The topological polar surface area (TPSA) is 38.0 Å². The minimum Gasteiger partial charge on any atom is -0.399 e. The van der Waals surface area contributed by atoms with Gasteiger partial charge in [-0.05, 0) is 49.8 Å². The van der Waals surface area contributed by atoms with Gasteiger partial charge in [-0.15, -0.1) is 0 Å². The van der Waals surface area contributed by atoms with Gasteiger partial charge in [0.2, 0.25) is 0 Å². The molecule has 0 amide bonds. The Bertz CT molecular complexity index is 361. The maximum Gasteiger partial charge on any atom is 0.0346 e. The van der Waals surface area contributed by atoms with Crippen LogP contribution >= 0.6 is 0 Å². The number of benzene rings is 1. The molecule has 1 aliphatic rings. The molecule has 0 spiro atoms. The molecule has 1 fully saturated rings. The molecule has 0 radical (unpaired) electrons. The van der Waals surface area contributed by atoms with Crippen LogP contribution in [0.1, 0.15) is 43.7 Å². The summed E-state index contributed by atoms with van der Waals surface area (Å²) in [6, 6.07) is 6.36. The highest BCUT2D eigenvalue weighted by atomic mass is 15.0. The summed E-state index contributed by atoms with van der Waals surface area (Å²) < 4.78 is 0. The summed E-state index contributed by atoms with van der Waals surface area (Å²) in [5, 5.41) is 3.69. The Kier molecular flexibility index (Phi) is 3.20. The molecule has 1 aliphatic carbocycles. The summed E-state index contributed by atoms with van der Waals surface area (Å²) in [7, 11) is 0. The van der Waals surface area contributed by atoms with Gasteiger partial charge in [-0.3, -0.25) is 0 Å². The lowest BCUT2D eigenvalue weighted by atomic mass is 9.75. The predicted molar refractivity (Wildman–Crippen MR) is 69.3 cm³/mol. The van der Waals surface area contributed by atoms with Gasteiger partial charge < -0.3 is 11.1 Å². The van der Waals surface area contributed by atoms with Crippen LogP contribution in [0.3, 0.4) is 0 Å². The molecular formula is C14H22N2. The first-order valence-electron chi connectivity index (χ1n) is 6.25. The van der Waals surface area contributed by atoms with Crippen LogP contribution in [0, 0.1) is 6.92 Å². The molecule has 0 aliphatic heterocycles. The third kappa shape index (κ3) is 2.22. The van der Waals surface area contributed by atoms with Gasteiger partial charge in [0.05, 0.1) is 0 Å². The maximum atomic E-state index is 5.91. The molecule has 1 aromatic rings. The first-order chi connectivity index (χ1) is 7.65. The van der Waals surface area contributed by atoms with Gasteiger partial charge in [0, 0.05) is 17.8 Å². The van der Waals surface area contributed by atoms with E-state index in [0.717, 1.165) is 17.8 Å². The van der Waals surface area contributed by atoms with E-state index in [1.165, 1.54) is 31.2 Å². The van der Waals surface area contributed by atoms with Crippen molar-refractivity contribution in [3.05, 3.63) is 29.3 Å². The molecule has 2 heteroatoms. The van der Waals surface area contributed by atoms with Gasteiger partial charge in [0.1, 0.15) is 0 Å². The molecule has 3 N–H and O–H groups in total.